The topological polar surface area (TPSA) is 49.4 Å². The quantitative estimate of drug-likeness (QED) is 0.559. The van der Waals surface area contributed by atoms with Crippen LogP contribution in [-0.4, -0.2) is 18.3 Å². The smallest absolute Gasteiger partial charge is 0.118 e. The normalized spacial score (nSPS) is 11.1. The Balaban J connectivity index is 1.73. The van der Waals surface area contributed by atoms with Crippen LogP contribution in [0.1, 0.15) is 5.56 Å². The fourth-order valence-corrected chi connectivity index (χ4v) is 2.03. The Kier molecular flexibility index (Phi) is 3.37. The van der Waals surface area contributed by atoms with E-state index in [1.54, 1.807) is 13.3 Å². The van der Waals surface area contributed by atoms with E-state index in [9.17, 15) is 0 Å². The number of nitrogens with zero attached hydrogens (tertiary/aromatic N) is 1. The molecule has 0 aliphatic rings. The molecule has 0 radical (unpaired) electrons. The average molecular weight is 265 g/mol. The van der Waals surface area contributed by atoms with Gasteiger partial charge in [0.1, 0.15) is 5.75 Å². The molecule has 0 amide bonds. The van der Waals surface area contributed by atoms with Crippen LogP contribution in [0.15, 0.2) is 59.8 Å². The molecule has 0 bridgehead atoms. The maximum atomic E-state index is 5.12. The first-order chi connectivity index (χ1) is 9.86. The van der Waals surface area contributed by atoms with Crippen molar-refractivity contribution in [2.45, 2.75) is 0 Å². The van der Waals surface area contributed by atoms with Gasteiger partial charge in [-0.05, 0) is 35.9 Å². The van der Waals surface area contributed by atoms with Crippen molar-refractivity contribution in [2.75, 3.05) is 12.5 Å². The first-order valence-electron chi connectivity index (χ1n) is 6.36. The zero-order chi connectivity index (χ0) is 13.8. The number of aromatic amines is 1. The van der Waals surface area contributed by atoms with Crippen molar-refractivity contribution < 1.29 is 4.74 Å². The fourth-order valence-electron chi connectivity index (χ4n) is 2.03. The number of para-hydroxylation sites is 1. The summed E-state index contributed by atoms with van der Waals surface area (Å²) in [5.41, 5.74) is 6.12. The molecular weight excluding hydrogens is 250 g/mol. The molecule has 3 aromatic rings. The number of rotatable bonds is 4. The minimum atomic E-state index is 0.840. The Bertz CT molecular complexity index is 729. The fraction of sp³-hybridized carbons (Fsp3) is 0.0625. The third-order valence-electron chi connectivity index (χ3n) is 3.10. The summed E-state index contributed by atoms with van der Waals surface area (Å²) in [4.78, 5) is 3.20. The summed E-state index contributed by atoms with van der Waals surface area (Å²) >= 11 is 0. The molecule has 0 unspecified atom stereocenters. The van der Waals surface area contributed by atoms with Crippen LogP contribution in [0.5, 0.6) is 5.75 Å². The number of hydrazone groups is 1. The second-order valence-corrected chi connectivity index (χ2v) is 4.39. The summed E-state index contributed by atoms with van der Waals surface area (Å²) in [5.74, 6) is 0.840. The lowest BCUT2D eigenvalue weighted by Gasteiger charge is -2.00. The van der Waals surface area contributed by atoms with Crippen LogP contribution in [0.2, 0.25) is 0 Å². The van der Waals surface area contributed by atoms with E-state index in [0.717, 1.165) is 27.9 Å². The lowest BCUT2D eigenvalue weighted by Crippen LogP contribution is -1.90. The van der Waals surface area contributed by atoms with Gasteiger partial charge < -0.3 is 9.72 Å². The number of aromatic nitrogens is 1. The monoisotopic (exact) mass is 265 g/mol. The van der Waals surface area contributed by atoms with E-state index in [0.29, 0.717) is 0 Å². The van der Waals surface area contributed by atoms with Crippen molar-refractivity contribution in [3.8, 4) is 5.75 Å². The summed E-state index contributed by atoms with van der Waals surface area (Å²) in [6.45, 7) is 0. The van der Waals surface area contributed by atoms with Crippen LogP contribution in [-0.2, 0) is 0 Å². The molecule has 0 fully saturated rings. The largest absolute Gasteiger partial charge is 0.497 e. The molecule has 0 saturated heterocycles. The van der Waals surface area contributed by atoms with E-state index in [-0.39, 0.29) is 0 Å². The third kappa shape index (κ3) is 2.49. The van der Waals surface area contributed by atoms with E-state index in [4.69, 9.17) is 4.74 Å². The van der Waals surface area contributed by atoms with Crippen LogP contribution in [0.25, 0.3) is 10.9 Å². The number of ether oxygens (including phenoxy) is 1. The minimum Gasteiger partial charge on any atom is -0.497 e. The van der Waals surface area contributed by atoms with Crippen molar-refractivity contribution in [1.82, 2.24) is 4.98 Å². The van der Waals surface area contributed by atoms with Crippen LogP contribution >= 0.6 is 0 Å². The molecular formula is C16H15N3O. The minimum absolute atomic E-state index is 0.840. The molecule has 1 aromatic heterocycles. The van der Waals surface area contributed by atoms with E-state index >= 15 is 0 Å². The van der Waals surface area contributed by atoms with Gasteiger partial charge in [-0.2, -0.15) is 5.10 Å². The highest BCUT2D eigenvalue weighted by molar-refractivity contribution is 5.92. The Morgan fingerprint density at radius 1 is 1.10 bits per heavy atom. The third-order valence-corrected chi connectivity index (χ3v) is 3.10. The number of fused-ring (bicyclic) bond motifs is 1. The van der Waals surface area contributed by atoms with Gasteiger partial charge in [-0.3, -0.25) is 5.43 Å². The number of hydrogen-bond acceptors (Lipinski definition) is 3. The van der Waals surface area contributed by atoms with Crippen molar-refractivity contribution in [1.29, 1.82) is 0 Å². The number of nitrogens with one attached hydrogen (secondary N) is 2. The maximum absolute atomic E-state index is 5.12. The summed E-state index contributed by atoms with van der Waals surface area (Å²) in [7, 11) is 1.65. The van der Waals surface area contributed by atoms with E-state index in [1.807, 2.05) is 48.7 Å². The number of methoxy groups -OCH3 is 1. The summed E-state index contributed by atoms with van der Waals surface area (Å²) in [6, 6.07) is 15.8. The highest BCUT2D eigenvalue weighted by Gasteiger charge is 2.00. The van der Waals surface area contributed by atoms with Crippen LogP contribution in [0, 0.1) is 0 Å². The molecule has 2 aromatic carbocycles. The molecule has 2 N–H and O–H groups in total. The zero-order valence-electron chi connectivity index (χ0n) is 11.1. The number of anilines is 1. The lowest BCUT2D eigenvalue weighted by atomic mass is 10.2. The van der Waals surface area contributed by atoms with Gasteiger partial charge >= 0.3 is 0 Å². The predicted octanol–water partition coefficient (Wildman–Crippen LogP) is 3.62. The Hall–Kier alpha value is -2.75. The molecule has 100 valence electrons. The summed E-state index contributed by atoms with van der Waals surface area (Å²) in [5, 5.41) is 5.38. The Morgan fingerprint density at radius 3 is 2.70 bits per heavy atom. The Morgan fingerprint density at radius 2 is 1.90 bits per heavy atom. The molecule has 4 heteroatoms. The Labute approximate surface area is 117 Å². The number of hydrogen-bond donors (Lipinski definition) is 2. The molecule has 0 saturated carbocycles. The van der Waals surface area contributed by atoms with Crippen molar-refractivity contribution >= 4 is 22.8 Å². The van der Waals surface area contributed by atoms with Gasteiger partial charge in [0.25, 0.3) is 0 Å². The van der Waals surface area contributed by atoms with Gasteiger partial charge in [-0.25, -0.2) is 0 Å². The van der Waals surface area contributed by atoms with Gasteiger partial charge in [-0.1, -0.05) is 18.2 Å². The molecule has 0 atom stereocenters. The SMILES string of the molecule is COc1ccc(C=NNc2c[nH]c3ccccc23)cc1. The van der Waals surface area contributed by atoms with Gasteiger partial charge in [0.15, 0.2) is 0 Å². The van der Waals surface area contributed by atoms with Crippen LogP contribution in [0.4, 0.5) is 5.69 Å². The predicted molar refractivity (Wildman–Crippen MR) is 82.5 cm³/mol. The van der Waals surface area contributed by atoms with Crippen molar-refractivity contribution in [2.24, 2.45) is 5.10 Å². The molecule has 0 aliphatic heterocycles. The van der Waals surface area contributed by atoms with Gasteiger partial charge in [-0.15, -0.1) is 0 Å². The van der Waals surface area contributed by atoms with E-state index in [1.165, 1.54) is 0 Å². The standard InChI is InChI=1S/C16H15N3O/c1-20-13-8-6-12(7-9-13)10-18-19-16-11-17-15-5-3-2-4-14(15)16/h2-11,17,19H,1H3. The molecule has 0 aliphatic carbocycles. The van der Waals surface area contributed by atoms with Gasteiger partial charge in [0, 0.05) is 17.1 Å². The lowest BCUT2D eigenvalue weighted by molar-refractivity contribution is 0.415. The highest BCUT2D eigenvalue weighted by Crippen LogP contribution is 2.22. The molecule has 4 nitrogen and oxygen atoms in total. The molecule has 3 rings (SSSR count). The van der Waals surface area contributed by atoms with Crippen molar-refractivity contribution in [3.05, 3.63) is 60.3 Å². The average Bonchev–Trinajstić information content (AvgIpc) is 2.92. The molecule has 20 heavy (non-hydrogen) atoms. The second kappa shape index (κ2) is 5.48. The van der Waals surface area contributed by atoms with Crippen LogP contribution < -0.4 is 10.2 Å². The van der Waals surface area contributed by atoms with Crippen LogP contribution in [0.3, 0.4) is 0 Å². The van der Waals surface area contributed by atoms with E-state index in [2.05, 4.69) is 21.6 Å². The first-order valence-corrected chi connectivity index (χ1v) is 6.36. The zero-order valence-corrected chi connectivity index (χ0v) is 11.1. The van der Waals surface area contributed by atoms with Gasteiger partial charge in [0.05, 0.1) is 19.0 Å². The maximum Gasteiger partial charge on any atom is 0.118 e. The summed E-state index contributed by atoms with van der Waals surface area (Å²) in [6.07, 6.45) is 3.69. The number of benzene rings is 2. The second-order valence-electron chi connectivity index (χ2n) is 4.39. The van der Waals surface area contributed by atoms with Crippen molar-refractivity contribution in [3.63, 3.8) is 0 Å². The highest BCUT2D eigenvalue weighted by atomic mass is 16.5. The van der Waals surface area contributed by atoms with Gasteiger partial charge in [0.2, 0.25) is 0 Å². The summed E-state index contributed by atoms with van der Waals surface area (Å²) < 4.78 is 5.12. The molecule has 0 spiro atoms. The molecule has 1 heterocycles. The first kappa shape index (κ1) is 12.3. The van der Waals surface area contributed by atoms with E-state index < -0.39 is 0 Å². The number of H-pyrrole nitrogens is 1.